The molecular weight excluding hydrogens is 510 g/mol. The average Bonchev–Trinajstić information content (AvgIpc) is 2.96. The summed E-state index contributed by atoms with van der Waals surface area (Å²) >= 11 is 0. The lowest BCUT2D eigenvalue weighted by Crippen LogP contribution is -2.33. The highest BCUT2D eigenvalue weighted by molar-refractivity contribution is 7.92. The topological polar surface area (TPSA) is 88.1 Å². The van der Waals surface area contributed by atoms with Gasteiger partial charge in [0.1, 0.15) is 5.75 Å². The fraction of sp³-hybridized carbons (Fsp3) is 0.161. The summed E-state index contributed by atoms with van der Waals surface area (Å²) in [7, 11) is -2.53. The lowest BCUT2D eigenvalue weighted by molar-refractivity contribution is 0.0955. The third-order valence-electron chi connectivity index (χ3n) is 6.22. The van der Waals surface area contributed by atoms with Gasteiger partial charge in [0.2, 0.25) is 0 Å². The summed E-state index contributed by atoms with van der Waals surface area (Å²) in [5.74, 6) is 0.434. The molecule has 0 heterocycles. The van der Waals surface area contributed by atoms with E-state index in [1.165, 1.54) is 29.1 Å². The van der Waals surface area contributed by atoms with E-state index < -0.39 is 15.9 Å². The number of amides is 1. The van der Waals surface area contributed by atoms with E-state index in [0.29, 0.717) is 11.7 Å². The maximum Gasteiger partial charge on any atom is 0.273 e. The second-order valence-electron chi connectivity index (χ2n) is 9.21. The zero-order valence-corrected chi connectivity index (χ0v) is 22.9. The highest BCUT2D eigenvalue weighted by atomic mass is 32.2. The van der Waals surface area contributed by atoms with Gasteiger partial charge < -0.3 is 4.74 Å². The molecule has 0 saturated carbocycles. The molecule has 0 fully saturated rings. The Labute approximate surface area is 229 Å². The molecule has 4 aromatic carbocycles. The van der Waals surface area contributed by atoms with Crippen LogP contribution in [0.2, 0.25) is 0 Å². The molecule has 4 rings (SSSR count). The van der Waals surface area contributed by atoms with Crippen LogP contribution in [0.1, 0.15) is 46.8 Å². The first-order chi connectivity index (χ1) is 18.8. The number of benzene rings is 4. The van der Waals surface area contributed by atoms with Crippen molar-refractivity contribution >= 4 is 27.8 Å². The van der Waals surface area contributed by atoms with Crippen LogP contribution in [-0.4, -0.2) is 27.6 Å². The number of rotatable bonds is 10. The van der Waals surface area contributed by atoms with Crippen LogP contribution < -0.4 is 14.5 Å². The Bertz CT molecular complexity index is 1530. The third-order valence-corrected chi connectivity index (χ3v) is 7.99. The van der Waals surface area contributed by atoms with E-state index in [1.807, 2.05) is 54.6 Å². The fourth-order valence-electron chi connectivity index (χ4n) is 4.00. The van der Waals surface area contributed by atoms with E-state index in [-0.39, 0.29) is 22.7 Å². The minimum Gasteiger partial charge on any atom is -0.497 e. The monoisotopic (exact) mass is 541 g/mol. The van der Waals surface area contributed by atoms with E-state index in [0.717, 1.165) is 11.1 Å². The normalized spacial score (nSPS) is 11.5. The van der Waals surface area contributed by atoms with Gasteiger partial charge in [-0.15, -0.1) is 0 Å². The Morgan fingerprint density at radius 2 is 1.54 bits per heavy atom. The molecule has 0 spiro atoms. The first-order valence-electron chi connectivity index (χ1n) is 12.5. The molecule has 7 nitrogen and oxygen atoms in total. The van der Waals surface area contributed by atoms with E-state index in [1.54, 1.807) is 42.6 Å². The van der Waals surface area contributed by atoms with E-state index >= 15 is 0 Å². The molecule has 0 bridgehead atoms. The summed E-state index contributed by atoms with van der Waals surface area (Å²) < 4.78 is 34.2. The highest BCUT2D eigenvalue weighted by Crippen LogP contribution is 2.30. The quantitative estimate of drug-likeness (QED) is 0.198. The Hall–Kier alpha value is -4.43. The number of hydrogen-bond acceptors (Lipinski definition) is 5. The lowest BCUT2D eigenvalue weighted by atomic mass is 10.0. The SMILES string of the molecule is COc1ccc(S(=O)(=O)N(Cc2ccccc2)c2ccccc2C(=O)N/N=C/c2ccc(C(C)C)cc2)cc1. The van der Waals surface area contributed by atoms with Gasteiger partial charge in [0.25, 0.3) is 15.9 Å². The Kier molecular flexibility index (Phi) is 8.78. The van der Waals surface area contributed by atoms with Gasteiger partial charge in [0.15, 0.2) is 0 Å². The van der Waals surface area contributed by atoms with Crippen molar-refractivity contribution in [3.63, 3.8) is 0 Å². The first-order valence-corrected chi connectivity index (χ1v) is 14.0. The molecule has 0 atom stereocenters. The van der Waals surface area contributed by atoms with E-state index in [9.17, 15) is 13.2 Å². The van der Waals surface area contributed by atoms with Gasteiger partial charge in [-0.25, -0.2) is 13.8 Å². The number of anilines is 1. The van der Waals surface area contributed by atoms with Gasteiger partial charge >= 0.3 is 0 Å². The van der Waals surface area contributed by atoms with Crippen LogP contribution >= 0.6 is 0 Å². The fourth-order valence-corrected chi connectivity index (χ4v) is 5.47. The molecule has 0 radical (unpaired) electrons. The number of ether oxygens (including phenoxy) is 1. The van der Waals surface area contributed by atoms with Crippen molar-refractivity contribution in [2.75, 3.05) is 11.4 Å². The number of carbonyl (C=O) groups is 1. The number of nitrogens with zero attached hydrogens (tertiary/aromatic N) is 2. The molecule has 8 heteroatoms. The number of nitrogens with one attached hydrogen (secondary N) is 1. The van der Waals surface area contributed by atoms with Gasteiger partial charge in [0, 0.05) is 0 Å². The van der Waals surface area contributed by atoms with Gasteiger partial charge in [0.05, 0.1) is 36.0 Å². The predicted octanol–water partition coefficient (Wildman–Crippen LogP) is 5.98. The Balaban J connectivity index is 1.66. The van der Waals surface area contributed by atoms with Crippen molar-refractivity contribution in [3.05, 3.63) is 125 Å². The molecule has 0 aliphatic heterocycles. The number of sulfonamides is 1. The first kappa shape index (κ1) is 27.6. The second kappa shape index (κ2) is 12.4. The summed E-state index contributed by atoms with van der Waals surface area (Å²) in [5, 5.41) is 4.11. The molecule has 0 aromatic heterocycles. The standard InChI is InChI=1S/C31H31N3O4S/c1-23(2)26-15-13-24(14-16-26)21-32-33-31(35)29-11-7-8-12-30(29)34(22-25-9-5-4-6-10-25)39(36,37)28-19-17-27(38-3)18-20-28/h4-21,23H,22H2,1-3H3,(H,33,35)/b32-21+. The smallest absolute Gasteiger partial charge is 0.273 e. The summed E-state index contributed by atoms with van der Waals surface area (Å²) in [6.07, 6.45) is 1.56. The molecule has 0 unspecified atom stereocenters. The van der Waals surface area contributed by atoms with Gasteiger partial charge in [-0.2, -0.15) is 5.10 Å². The third kappa shape index (κ3) is 6.72. The van der Waals surface area contributed by atoms with Crippen molar-refractivity contribution < 1.29 is 17.9 Å². The van der Waals surface area contributed by atoms with Crippen LogP contribution in [0.3, 0.4) is 0 Å². The Morgan fingerprint density at radius 3 is 2.18 bits per heavy atom. The van der Waals surface area contributed by atoms with Crippen molar-refractivity contribution in [1.82, 2.24) is 5.43 Å². The van der Waals surface area contributed by atoms with Crippen molar-refractivity contribution in [2.45, 2.75) is 31.2 Å². The summed E-state index contributed by atoms with van der Waals surface area (Å²) in [6.45, 7) is 4.28. The lowest BCUT2D eigenvalue weighted by Gasteiger charge is -2.26. The number of methoxy groups -OCH3 is 1. The number of carbonyl (C=O) groups excluding carboxylic acids is 1. The molecule has 4 aromatic rings. The molecule has 200 valence electrons. The average molecular weight is 542 g/mol. The van der Waals surface area contributed by atoms with Crippen molar-refractivity contribution in [1.29, 1.82) is 0 Å². The number of hydrogen-bond donors (Lipinski definition) is 1. The van der Waals surface area contributed by atoms with Gasteiger partial charge in [-0.3, -0.25) is 9.10 Å². The minimum atomic E-state index is -4.05. The number of para-hydroxylation sites is 1. The molecule has 1 N–H and O–H groups in total. The number of hydrazone groups is 1. The maximum atomic E-state index is 13.9. The summed E-state index contributed by atoms with van der Waals surface area (Å²) in [6, 6.07) is 29.9. The molecule has 39 heavy (non-hydrogen) atoms. The zero-order chi connectivity index (χ0) is 27.8. The van der Waals surface area contributed by atoms with Crippen LogP contribution in [0.4, 0.5) is 5.69 Å². The van der Waals surface area contributed by atoms with E-state index in [2.05, 4.69) is 24.4 Å². The Morgan fingerprint density at radius 1 is 0.897 bits per heavy atom. The molecule has 0 saturated heterocycles. The molecule has 1 amide bonds. The summed E-state index contributed by atoms with van der Waals surface area (Å²) in [5.41, 5.74) is 5.78. The van der Waals surface area contributed by atoms with Crippen LogP contribution in [0.25, 0.3) is 0 Å². The molecule has 0 aliphatic carbocycles. The van der Waals surface area contributed by atoms with Crippen molar-refractivity contribution in [2.24, 2.45) is 5.10 Å². The second-order valence-corrected chi connectivity index (χ2v) is 11.1. The van der Waals surface area contributed by atoms with Crippen LogP contribution in [-0.2, 0) is 16.6 Å². The van der Waals surface area contributed by atoms with Crippen molar-refractivity contribution in [3.8, 4) is 5.75 Å². The maximum absolute atomic E-state index is 13.9. The van der Waals surface area contributed by atoms with E-state index in [4.69, 9.17) is 4.74 Å². The highest BCUT2D eigenvalue weighted by Gasteiger charge is 2.28. The molecular formula is C31H31N3O4S. The predicted molar refractivity (Wildman–Crippen MR) is 155 cm³/mol. The minimum absolute atomic E-state index is 0.0327. The largest absolute Gasteiger partial charge is 0.497 e. The zero-order valence-electron chi connectivity index (χ0n) is 22.1. The van der Waals surface area contributed by atoms with Crippen LogP contribution in [0.5, 0.6) is 5.75 Å². The van der Waals surface area contributed by atoms with Gasteiger partial charge in [-0.05, 0) is 59.0 Å². The summed E-state index contributed by atoms with van der Waals surface area (Å²) in [4.78, 5) is 13.3. The molecule has 0 aliphatic rings. The van der Waals surface area contributed by atoms with Crippen LogP contribution in [0.15, 0.2) is 113 Å². The van der Waals surface area contributed by atoms with Crippen LogP contribution in [0, 0.1) is 0 Å². The van der Waals surface area contributed by atoms with Gasteiger partial charge in [-0.1, -0.05) is 80.6 Å².